The predicted octanol–water partition coefficient (Wildman–Crippen LogP) is 1.51. The van der Waals surface area contributed by atoms with Gasteiger partial charge in [0.25, 0.3) is 6.43 Å². The fourth-order valence-corrected chi connectivity index (χ4v) is 2.07. The zero-order valence-corrected chi connectivity index (χ0v) is 9.35. The highest BCUT2D eigenvalue weighted by molar-refractivity contribution is 5.11. The lowest BCUT2D eigenvalue weighted by atomic mass is 10.1. The molecule has 94 valence electrons. The second kappa shape index (κ2) is 4.34. The lowest BCUT2D eigenvalue weighted by Gasteiger charge is -2.29. The van der Waals surface area contributed by atoms with E-state index in [0.717, 1.165) is 18.4 Å². The van der Waals surface area contributed by atoms with Crippen molar-refractivity contribution in [2.45, 2.75) is 37.5 Å². The number of alkyl halides is 2. The fourth-order valence-electron chi connectivity index (χ4n) is 2.07. The van der Waals surface area contributed by atoms with Crippen LogP contribution in [-0.2, 0) is 4.74 Å². The minimum atomic E-state index is -2.44. The maximum atomic E-state index is 12.6. The molecule has 2 aliphatic rings. The Balaban J connectivity index is 1.69. The maximum absolute atomic E-state index is 12.6. The average Bonchev–Trinajstić information content (AvgIpc) is 3.07. The molecule has 1 aliphatic carbocycles. The number of hydrogen-bond acceptors (Lipinski definition) is 3. The first-order valence-electron chi connectivity index (χ1n) is 5.92. The highest BCUT2D eigenvalue weighted by atomic mass is 19.3. The van der Waals surface area contributed by atoms with Crippen LogP contribution in [-0.4, -0.2) is 35.4 Å². The number of nitrogens with zero attached hydrogens (tertiary/aromatic N) is 2. The summed E-state index contributed by atoms with van der Waals surface area (Å²) in [6.45, 7) is 0.782. The SMILES string of the molecule is FC(F)[C@@H]1CNC[C@H](c2cnn(C3CC3)c2)O1. The molecule has 4 nitrogen and oxygen atoms in total. The number of ether oxygens (including phenoxy) is 1. The molecule has 6 heteroatoms. The Bertz CT molecular complexity index is 392. The smallest absolute Gasteiger partial charge is 0.265 e. The number of morpholine rings is 1. The molecule has 0 aromatic carbocycles. The molecule has 2 heterocycles. The summed E-state index contributed by atoms with van der Waals surface area (Å²) in [6.07, 6.45) is 2.18. The molecule has 2 atom stereocenters. The van der Waals surface area contributed by atoms with Gasteiger partial charge in [-0.05, 0) is 12.8 Å². The van der Waals surface area contributed by atoms with Gasteiger partial charge in [-0.1, -0.05) is 0 Å². The molecule has 1 saturated carbocycles. The first-order chi connectivity index (χ1) is 8.24. The van der Waals surface area contributed by atoms with Gasteiger partial charge in [-0.3, -0.25) is 4.68 Å². The third-order valence-corrected chi connectivity index (χ3v) is 3.21. The van der Waals surface area contributed by atoms with Crippen LogP contribution in [0.2, 0.25) is 0 Å². The molecule has 1 N–H and O–H groups in total. The van der Waals surface area contributed by atoms with Gasteiger partial charge in [0.05, 0.1) is 18.3 Å². The van der Waals surface area contributed by atoms with Crippen molar-refractivity contribution in [3.63, 3.8) is 0 Å². The van der Waals surface area contributed by atoms with Crippen LogP contribution < -0.4 is 5.32 Å². The Labute approximate surface area is 97.9 Å². The van der Waals surface area contributed by atoms with E-state index in [1.54, 1.807) is 6.20 Å². The number of hydrogen-bond donors (Lipinski definition) is 1. The summed E-state index contributed by atoms with van der Waals surface area (Å²) in [5.74, 6) is 0. The third kappa shape index (κ3) is 2.32. The van der Waals surface area contributed by atoms with Gasteiger partial charge in [0, 0.05) is 24.8 Å². The molecule has 0 unspecified atom stereocenters. The van der Waals surface area contributed by atoms with Crippen LogP contribution in [0.1, 0.15) is 30.6 Å². The van der Waals surface area contributed by atoms with E-state index in [0.29, 0.717) is 12.6 Å². The molecule has 1 aromatic heterocycles. The third-order valence-electron chi connectivity index (χ3n) is 3.21. The summed E-state index contributed by atoms with van der Waals surface area (Å²) in [6, 6.07) is 0.506. The summed E-state index contributed by atoms with van der Waals surface area (Å²) >= 11 is 0. The molecule has 17 heavy (non-hydrogen) atoms. The van der Waals surface area contributed by atoms with Crippen molar-refractivity contribution in [3.8, 4) is 0 Å². The van der Waals surface area contributed by atoms with Gasteiger partial charge in [0.2, 0.25) is 0 Å². The van der Waals surface area contributed by atoms with Crippen LogP contribution in [0.15, 0.2) is 12.4 Å². The second-order valence-electron chi connectivity index (χ2n) is 4.64. The number of halogens is 2. The van der Waals surface area contributed by atoms with Crippen LogP contribution in [0.5, 0.6) is 0 Å². The Kier molecular flexibility index (Phi) is 2.84. The van der Waals surface area contributed by atoms with E-state index >= 15 is 0 Å². The summed E-state index contributed by atoms with van der Waals surface area (Å²) in [4.78, 5) is 0. The van der Waals surface area contributed by atoms with Crippen molar-refractivity contribution in [2.75, 3.05) is 13.1 Å². The van der Waals surface area contributed by atoms with Gasteiger partial charge in [0.1, 0.15) is 6.10 Å². The van der Waals surface area contributed by atoms with Crippen molar-refractivity contribution in [1.29, 1.82) is 0 Å². The van der Waals surface area contributed by atoms with E-state index in [4.69, 9.17) is 4.74 Å². The summed E-state index contributed by atoms with van der Waals surface area (Å²) in [7, 11) is 0. The van der Waals surface area contributed by atoms with E-state index in [2.05, 4.69) is 10.4 Å². The number of rotatable bonds is 3. The summed E-state index contributed by atoms with van der Waals surface area (Å²) in [5.41, 5.74) is 0.884. The summed E-state index contributed by atoms with van der Waals surface area (Å²) < 4.78 is 32.4. The van der Waals surface area contributed by atoms with Gasteiger partial charge in [-0.2, -0.15) is 5.10 Å². The number of nitrogens with one attached hydrogen (secondary N) is 1. The van der Waals surface area contributed by atoms with Crippen LogP contribution in [0.3, 0.4) is 0 Å². The van der Waals surface area contributed by atoms with E-state index < -0.39 is 12.5 Å². The van der Waals surface area contributed by atoms with Crippen LogP contribution in [0, 0.1) is 0 Å². The molecule has 1 aromatic rings. The highest BCUT2D eigenvalue weighted by Gasteiger charge is 2.31. The van der Waals surface area contributed by atoms with Gasteiger partial charge < -0.3 is 10.1 Å². The van der Waals surface area contributed by atoms with Crippen molar-refractivity contribution in [2.24, 2.45) is 0 Å². The largest absolute Gasteiger partial charge is 0.362 e. The van der Waals surface area contributed by atoms with Gasteiger partial charge >= 0.3 is 0 Å². The first kappa shape index (κ1) is 11.1. The fraction of sp³-hybridized carbons (Fsp3) is 0.727. The molecular weight excluding hydrogens is 228 g/mol. The Morgan fingerprint density at radius 3 is 2.94 bits per heavy atom. The minimum absolute atomic E-state index is 0.213. The van der Waals surface area contributed by atoms with Gasteiger partial charge in [0.15, 0.2) is 0 Å². The topological polar surface area (TPSA) is 39.1 Å². The molecule has 1 aliphatic heterocycles. The van der Waals surface area contributed by atoms with Crippen molar-refractivity contribution >= 4 is 0 Å². The Hall–Kier alpha value is -1.01. The van der Waals surface area contributed by atoms with Crippen LogP contribution in [0.25, 0.3) is 0 Å². The molecule has 0 bridgehead atoms. The summed E-state index contributed by atoms with van der Waals surface area (Å²) in [5, 5.41) is 7.22. The zero-order valence-electron chi connectivity index (χ0n) is 9.35. The van der Waals surface area contributed by atoms with E-state index in [9.17, 15) is 8.78 Å². The Morgan fingerprint density at radius 2 is 2.24 bits per heavy atom. The number of aromatic nitrogens is 2. The van der Waals surface area contributed by atoms with Gasteiger partial charge in [-0.15, -0.1) is 0 Å². The molecule has 0 spiro atoms. The van der Waals surface area contributed by atoms with Crippen molar-refractivity contribution in [3.05, 3.63) is 18.0 Å². The molecular formula is C11H15F2N3O. The van der Waals surface area contributed by atoms with E-state index in [-0.39, 0.29) is 12.6 Å². The van der Waals surface area contributed by atoms with Crippen LogP contribution in [0.4, 0.5) is 8.78 Å². The highest BCUT2D eigenvalue weighted by Crippen LogP contribution is 2.35. The molecule has 0 radical (unpaired) electrons. The van der Waals surface area contributed by atoms with Gasteiger partial charge in [-0.25, -0.2) is 8.78 Å². The first-order valence-corrected chi connectivity index (χ1v) is 5.92. The average molecular weight is 243 g/mol. The standard InChI is InChI=1S/C11H15F2N3O/c12-11(13)10-5-14-4-9(17-10)7-3-15-16(6-7)8-1-2-8/h3,6,8-11,14H,1-2,4-5H2/t9-,10+/m1/s1. The van der Waals surface area contributed by atoms with E-state index in [1.165, 1.54) is 0 Å². The molecule has 3 rings (SSSR count). The quantitative estimate of drug-likeness (QED) is 0.874. The van der Waals surface area contributed by atoms with Crippen molar-refractivity contribution < 1.29 is 13.5 Å². The second-order valence-corrected chi connectivity index (χ2v) is 4.64. The molecule has 2 fully saturated rings. The van der Waals surface area contributed by atoms with E-state index in [1.807, 2.05) is 10.9 Å². The molecule has 1 saturated heterocycles. The normalized spacial score (nSPS) is 29.8. The maximum Gasteiger partial charge on any atom is 0.265 e. The predicted molar refractivity (Wildman–Crippen MR) is 57.0 cm³/mol. The Morgan fingerprint density at radius 1 is 1.41 bits per heavy atom. The minimum Gasteiger partial charge on any atom is -0.362 e. The molecule has 0 amide bonds. The zero-order chi connectivity index (χ0) is 11.8. The lowest BCUT2D eigenvalue weighted by molar-refractivity contribution is -0.110. The lowest BCUT2D eigenvalue weighted by Crippen LogP contribution is -2.44. The van der Waals surface area contributed by atoms with Crippen molar-refractivity contribution in [1.82, 2.24) is 15.1 Å². The van der Waals surface area contributed by atoms with Crippen LogP contribution >= 0.6 is 0 Å². The monoisotopic (exact) mass is 243 g/mol.